The van der Waals surface area contributed by atoms with E-state index in [1.54, 1.807) is 6.07 Å². The topological polar surface area (TPSA) is 71.9 Å². The fraction of sp³-hybridized carbons (Fsp3) is 0.346. The molecule has 0 spiro atoms. The number of morpholine rings is 1. The molecule has 1 N–H and O–H groups in total. The van der Waals surface area contributed by atoms with E-state index in [0.717, 1.165) is 61.6 Å². The maximum absolute atomic E-state index is 12.2. The molecule has 4 heterocycles. The third-order valence-corrected chi connectivity index (χ3v) is 6.94. The van der Waals surface area contributed by atoms with Crippen LogP contribution in [0.1, 0.15) is 33.8 Å². The standard InChI is InChI=1S/C26H29N5O3S/c1-33-25(32)19-6-4-7-20(18-19)30-11-5-9-22(30)24-23(21-8-2-3-10-27-21)28-26(35)31(24)13-12-29-14-16-34-17-15-29/h2-11,18,23-24H,12-17H2,1H3,(H,28,35)/t23-,24-/m0/s1. The molecule has 9 heteroatoms. The molecule has 1 aromatic carbocycles. The number of nitrogens with zero attached hydrogens (tertiary/aromatic N) is 4. The quantitative estimate of drug-likeness (QED) is 0.400. The number of pyridine rings is 1. The van der Waals surface area contributed by atoms with Gasteiger partial charge in [-0.05, 0) is 54.7 Å². The number of rotatable bonds is 7. The van der Waals surface area contributed by atoms with Crippen LogP contribution in [0.15, 0.2) is 67.0 Å². The number of ether oxygens (including phenoxy) is 2. The van der Waals surface area contributed by atoms with Gasteiger partial charge in [-0.2, -0.15) is 0 Å². The second-order valence-corrected chi connectivity index (χ2v) is 9.01. The van der Waals surface area contributed by atoms with E-state index in [9.17, 15) is 4.79 Å². The molecule has 5 rings (SSSR count). The van der Waals surface area contributed by atoms with Gasteiger partial charge in [0.2, 0.25) is 0 Å². The molecule has 0 unspecified atom stereocenters. The summed E-state index contributed by atoms with van der Waals surface area (Å²) in [5, 5.41) is 4.25. The first kappa shape index (κ1) is 23.5. The van der Waals surface area contributed by atoms with Gasteiger partial charge < -0.3 is 24.3 Å². The van der Waals surface area contributed by atoms with Gasteiger partial charge in [-0.15, -0.1) is 0 Å². The molecule has 2 aliphatic rings. The monoisotopic (exact) mass is 491 g/mol. The van der Waals surface area contributed by atoms with Gasteiger partial charge in [0, 0.05) is 50.0 Å². The lowest BCUT2D eigenvalue weighted by molar-refractivity contribution is 0.0349. The van der Waals surface area contributed by atoms with Crippen molar-refractivity contribution in [1.82, 2.24) is 24.7 Å². The smallest absolute Gasteiger partial charge is 0.337 e. The molecule has 3 aromatic rings. The van der Waals surface area contributed by atoms with Crippen molar-refractivity contribution >= 4 is 23.3 Å². The van der Waals surface area contributed by atoms with Crippen molar-refractivity contribution in [3.63, 3.8) is 0 Å². The predicted molar refractivity (Wildman–Crippen MR) is 137 cm³/mol. The zero-order chi connectivity index (χ0) is 24.2. The fourth-order valence-corrected chi connectivity index (χ4v) is 5.14. The average Bonchev–Trinajstić information content (AvgIpc) is 3.52. The van der Waals surface area contributed by atoms with Crippen LogP contribution < -0.4 is 5.32 Å². The number of hydrogen-bond acceptors (Lipinski definition) is 6. The van der Waals surface area contributed by atoms with Crippen LogP contribution in [0.25, 0.3) is 5.69 Å². The molecule has 35 heavy (non-hydrogen) atoms. The Morgan fingerprint density at radius 1 is 1.14 bits per heavy atom. The van der Waals surface area contributed by atoms with Crippen LogP contribution in [-0.2, 0) is 9.47 Å². The summed E-state index contributed by atoms with van der Waals surface area (Å²) in [6.07, 6.45) is 3.83. The molecule has 0 amide bonds. The number of thiocarbonyl (C=S) groups is 1. The molecule has 8 nitrogen and oxygen atoms in total. The van der Waals surface area contributed by atoms with Gasteiger partial charge in [0.15, 0.2) is 5.11 Å². The number of esters is 1. The SMILES string of the molecule is COC(=O)c1cccc(-n2cccc2[C@H]2[C@H](c3ccccn3)NC(=S)N2CCN2CCOCC2)c1. The van der Waals surface area contributed by atoms with Crippen molar-refractivity contribution < 1.29 is 14.3 Å². The molecule has 0 saturated carbocycles. The van der Waals surface area contributed by atoms with Crippen molar-refractivity contribution in [2.45, 2.75) is 12.1 Å². The molecule has 0 bridgehead atoms. The summed E-state index contributed by atoms with van der Waals surface area (Å²) < 4.78 is 12.6. The van der Waals surface area contributed by atoms with Gasteiger partial charge in [0.1, 0.15) is 0 Å². The van der Waals surface area contributed by atoms with E-state index in [4.69, 9.17) is 21.7 Å². The lowest BCUT2D eigenvalue weighted by Crippen LogP contribution is -2.42. The van der Waals surface area contributed by atoms with Gasteiger partial charge in [-0.1, -0.05) is 12.1 Å². The number of nitrogens with one attached hydrogen (secondary N) is 1. The Kier molecular flexibility index (Phi) is 7.08. The van der Waals surface area contributed by atoms with E-state index in [1.165, 1.54) is 7.11 Å². The van der Waals surface area contributed by atoms with Crippen molar-refractivity contribution in [2.75, 3.05) is 46.5 Å². The number of carbonyl (C=O) groups excluding carboxylic acids is 1. The van der Waals surface area contributed by atoms with Gasteiger partial charge >= 0.3 is 5.97 Å². The lowest BCUT2D eigenvalue weighted by atomic mass is 10.0. The minimum absolute atomic E-state index is 0.0739. The minimum Gasteiger partial charge on any atom is -0.465 e. The Morgan fingerprint density at radius 3 is 2.77 bits per heavy atom. The third kappa shape index (κ3) is 4.93. The molecule has 182 valence electrons. The summed E-state index contributed by atoms with van der Waals surface area (Å²) in [5.41, 5.74) is 3.40. The maximum Gasteiger partial charge on any atom is 0.337 e. The van der Waals surface area contributed by atoms with E-state index in [0.29, 0.717) is 5.56 Å². The second kappa shape index (κ2) is 10.6. The molecule has 2 aliphatic heterocycles. The Balaban J connectivity index is 1.50. The summed E-state index contributed by atoms with van der Waals surface area (Å²) in [7, 11) is 1.39. The average molecular weight is 492 g/mol. The predicted octanol–water partition coefficient (Wildman–Crippen LogP) is 2.96. The Hall–Kier alpha value is -3.27. The number of hydrogen-bond donors (Lipinski definition) is 1. The fourth-order valence-electron chi connectivity index (χ4n) is 4.81. The first-order chi connectivity index (χ1) is 17.2. The zero-order valence-corrected chi connectivity index (χ0v) is 20.5. The highest BCUT2D eigenvalue weighted by molar-refractivity contribution is 7.80. The Bertz CT molecular complexity index is 1180. The minimum atomic E-state index is -0.359. The number of benzene rings is 1. The summed E-state index contributed by atoms with van der Waals surface area (Å²) in [6, 6.07) is 17.4. The second-order valence-electron chi connectivity index (χ2n) is 8.62. The third-order valence-electron chi connectivity index (χ3n) is 6.59. The van der Waals surface area contributed by atoms with Crippen molar-refractivity contribution in [2.24, 2.45) is 0 Å². The Morgan fingerprint density at radius 2 is 2.00 bits per heavy atom. The zero-order valence-electron chi connectivity index (χ0n) is 19.7. The number of aromatic nitrogens is 2. The Labute approximate surface area is 210 Å². The molecular formula is C26H29N5O3S. The largest absolute Gasteiger partial charge is 0.465 e. The van der Waals surface area contributed by atoms with Crippen LogP contribution in [0.3, 0.4) is 0 Å². The molecule has 2 saturated heterocycles. The van der Waals surface area contributed by atoms with Crippen LogP contribution in [-0.4, -0.2) is 76.9 Å². The molecule has 2 atom stereocenters. The molecule has 0 aliphatic carbocycles. The summed E-state index contributed by atoms with van der Waals surface area (Å²) >= 11 is 5.84. The first-order valence-corrected chi connectivity index (χ1v) is 12.2. The molecule has 2 fully saturated rings. The van der Waals surface area contributed by atoms with Crippen LogP contribution >= 0.6 is 12.2 Å². The van der Waals surface area contributed by atoms with Gasteiger partial charge in [-0.3, -0.25) is 9.88 Å². The van der Waals surface area contributed by atoms with E-state index < -0.39 is 0 Å². The lowest BCUT2D eigenvalue weighted by Gasteiger charge is -2.32. The first-order valence-electron chi connectivity index (χ1n) is 11.8. The molecular weight excluding hydrogens is 462 g/mol. The maximum atomic E-state index is 12.2. The highest BCUT2D eigenvalue weighted by Gasteiger charge is 2.41. The number of methoxy groups -OCH3 is 1. The van der Waals surface area contributed by atoms with Crippen molar-refractivity contribution in [1.29, 1.82) is 0 Å². The summed E-state index contributed by atoms with van der Waals surface area (Å²) in [4.78, 5) is 21.5. The van der Waals surface area contributed by atoms with Crippen molar-refractivity contribution in [3.8, 4) is 5.69 Å². The molecule has 0 radical (unpaired) electrons. The van der Waals surface area contributed by atoms with E-state index in [1.807, 2.05) is 54.9 Å². The number of carbonyl (C=O) groups is 1. The van der Waals surface area contributed by atoms with E-state index >= 15 is 0 Å². The highest BCUT2D eigenvalue weighted by Crippen LogP contribution is 2.39. The van der Waals surface area contributed by atoms with Gasteiger partial charge in [0.25, 0.3) is 0 Å². The summed E-state index contributed by atoms with van der Waals surface area (Å²) in [5.74, 6) is -0.359. The highest BCUT2D eigenvalue weighted by atomic mass is 32.1. The van der Waals surface area contributed by atoms with Crippen LogP contribution in [0.4, 0.5) is 0 Å². The van der Waals surface area contributed by atoms with E-state index in [2.05, 4.69) is 30.7 Å². The van der Waals surface area contributed by atoms with Crippen LogP contribution in [0, 0.1) is 0 Å². The normalized spacial score (nSPS) is 20.6. The summed E-state index contributed by atoms with van der Waals surface area (Å²) in [6.45, 7) is 5.07. The van der Waals surface area contributed by atoms with Gasteiger partial charge in [0.05, 0.1) is 43.7 Å². The van der Waals surface area contributed by atoms with Gasteiger partial charge in [-0.25, -0.2) is 4.79 Å². The van der Waals surface area contributed by atoms with E-state index in [-0.39, 0.29) is 18.1 Å². The molecule has 2 aromatic heterocycles. The van der Waals surface area contributed by atoms with Crippen molar-refractivity contribution in [3.05, 3.63) is 83.9 Å². The van der Waals surface area contributed by atoms with Crippen LogP contribution in [0.5, 0.6) is 0 Å². The van der Waals surface area contributed by atoms with Crippen LogP contribution in [0.2, 0.25) is 0 Å².